The van der Waals surface area contributed by atoms with E-state index in [-0.39, 0.29) is 23.7 Å². The molecule has 0 bridgehead atoms. The van der Waals surface area contributed by atoms with Crippen LogP contribution in [0.1, 0.15) is 40.5 Å². The first-order chi connectivity index (χ1) is 14.4. The fourth-order valence-corrected chi connectivity index (χ4v) is 4.70. The van der Waals surface area contributed by atoms with Gasteiger partial charge in [0.15, 0.2) is 0 Å². The first-order valence-electron chi connectivity index (χ1n) is 9.82. The zero-order valence-electron chi connectivity index (χ0n) is 16.1. The van der Waals surface area contributed by atoms with Gasteiger partial charge in [-0.15, -0.1) is 24.5 Å². The summed E-state index contributed by atoms with van der Waals surface area (Å²) >= 11 is 1.74. The number of carbonyl (C=O) groups is 1. The van der Waals surface area contributed by atoms with Crippen molar-refractivity contribution in [1.29, 1.82) is 0 Å². The van der Waals surface area contributed by atoms with Crippen LogP contribution in [0.25, 0.3) is 0 Å². The fraction of sp³-hybridized carbons (Fsp3) is 0.450. The van der Waals surface area contributed by atoms with Crippen LogP contribution >= 0.6 is 11.3 Å². The van der Waals surface area contributed by atoms with Crippen LogP contribution in [0.4, 0.5) is 13.2 Å². The molecule has 30 heavy (non-hydrogen) atoms. The van der Waals surface area contributed by atoms with Gasteiger partial charge in [-0.05, 0) is 48.9 Å². The van der Waals surface area contributed by atoms with Crippen molar-refractivity contribution in [3.05, 3.63) is 52.2 Å². The zero-order valence-corrected chi connectivity index (χ0v) is 16.9. The van der Waals surface area contributed by atoms with E-state index < -0.39 is 12.1 Å². The molecule has 2 aliphatic rings. The lowest BCUT2D eigenvalue weighted by Gasteiger charge is -2.35. The van der Waals surface area contributed by atoms with Gasteiger partial charge >= 0.3 is 6.36 Å². The molecule has 0 spiro atoms. The summed E-state index contributed by atoms with van der Waals surface area (Å²) in [5, 5.41) is 5.00. The molecule has 1 aromatic carbocycles. The summed E-state index contributed by atoms with van der Waals surface area (Å²) in [5.41, 5.74) is 6.86. The van der Waals surface area contributed by atoms with Crippen LogP contribution in [0.15, 0.2) is 41.8 Å². The topological polar surface area (TPSA) is 65.6 Å². The molecule has 3 heterocycles. The van der Waals surface area contributed by atoms with Crippen molar-refractivity contribution in [2.45, 2.75) is 43.9 Å². The number of hydrogen-bond acceptors (Lipinski definition) is 6. The third-order valence-electron chi connectivity index (χ3n) is 5.41. The van der Waals surface area contributed by atoms with Crippen molar-refractivity contribution in [3.63, 3.8) is 0 Å². The maximum atomic E-state index is 12.5. The molecular formula is C20H23F3N4O2S. The van der Waals surface area contributed by atoms with Crippen LogP contribution in [0.3, 0.4) is 0 Å². The smallest absolute Gasteiger partial charge is 0.406 e. The first kappa shape index (κ1) is 21.1. The lowest BCUT2D eigenvalue weighted by atomic mass is 10.0. The molecule has 6 nitrogen and oxygen atoms in total. The molecular weight excluding hydrogens is 417 g/mol. The number of hydrazine groups is 1. The van der Waals surface area contributed by atoms with Crippen molar-refractivity contribution >= 4 is 17.2 Å². The van der Waals surface area contributed by atoms with Crippen molar-refractivity contribution < 1.29 is 22.7 Å². The molecule has 2 saturated heterocycles. The summed E-state index contributed by atoms with van der Waals surface area (Å²) in [7, 11) is 0. The Kier molecular flexibility index (Phi) is 6.28. The SMILES string of the molecule is O=C(NC1CCN(C2CC(c3cccs3)NN2)CC1)c1cccc(OC(F)(F)F)c1. The van der Waals surface area contributed by atoms with E-state index in [4.69, 9.17) is 0 Å². The molecule has 2 aliphatic heterocycles. The van der Waals surface area contributed by atoms with Gasteiger partial charge in [-0.2, -0.15) is 0 Å². The number of ether oxygens (including phenoxy) is 1. The van der Waals surface area contributed by atoms with Crippen molar-refractivity contribution in [2.24, 2.45) is 0 Å². The lowest BCUT2D eigenvalue weighted by molar-refractivity contribution is -0.274. The van der Waals surface area contributed by atoms with Gasteiger partial charge < -0.3 is 10.1 Å². The third-order valence-corrected chi connectivity index (χ3v) is 6.39. The number of thiophene rings is 1. The number of nitrogens with one attached hydrogen (secondary N) is 3. The second-order valence-corrected chi connectivity index (χ2v) is 8.45. The Bertz CT molecular complexity index is 854. The molecule has 2 fully saturated rings. The van der Waals surface area contributed by atoms with E-state index in [0.717, 1.165) is 38.4 Å². The number of piperidine rings is 1. The van der Waals surface area contributed by atoms with E-state index in [1.165, 1.54) is 23.1 Å². The summed E-state index contributed by atoms with van der Waals surface area (Å²) in [4.78, 5) is 16.1. The molecule has 1 aromatic heterocycles. The van der Waals surface area contributed by atoms with Gasteiger partial charge in [-0.25, -0.2) is 10.9 Å². The number of carbonyl (C=O) groups excluding carboxylic acids is 1. The number of halogens is 3. The van der Waals surface area contributed by atoms with E-state index in [9.17, 15) is 18.0 Å². The molecule has 4 rings (SSSR count). The van der Waals surface area contributed by atoms with E-state index in [1.807, 2.05) is 6.07 Å². The fourth-order valence-electron chi connectivity index (χ4n) is 3.91. The van der Waals surface area contributed by atoms with Crippen molar-refractivity contribution in [2.75, 3.05) is 13.1 Å². The predicted octanol–water partition coefficient (Wildman–Crippen LogP) is 3.41. The summed E-state index contributed by atoms with van der Waals surface area (Å²) < 4.78 is 41.0. The average molecular weight is 440 g/mol. The van der Waals surface area contributed by atoms with Crippen molar-refractivity contribution in [3.8, 4) is 5.75 Å². The third kappa shape index (κ3) is 5.31. The van der Waals surface area contributed by atoms with Gasteiger partial charge in [0.1, 0.15) is 5.75 Å². The van der Waals surface area contributed by atoms with E-state index in [1.54, 1.807) is 11.3 Å². The number of rotatable bonds is 5. The molecule has 2 atom stereocenters. The Morgan fingerprint density at radius 1 is 1.17 bits per heavy atom. The molecule has 0 aliphatic carbocycles. The summed E-state index contributed by atoms with van der Waals surface area (Å²) in [6.07, 6.45) is -2.00. The minimum absolute atomic E-state index is 0.0107. The summed E-state index contributed by atoms with van der Waals surface area (Å²) in [5.74, 6) is -0.787. The second kappa shape index (κ2) is 8.93. The Morgan fingerprint density at radius 3 is 2.67 bits per heavy atom. The van der Waals surface area contributed by atoms with E-state index >= 15 is 0 Å². The molecule has 0 saturated carbocycles. The van der Waals surface area contributed by atoms with Crippen molar-refractivity contribution in [1.82, 2.24) is 21.1 Å². The number of benzene rings is 1. The van der Waals surface area contributed by atoms with Crippen LogP contribution in [-0.4, -0.2) is 42.5 Å². The summed E-state index contributed by atoms with van der Waals surface area (Å²) in [6.45, 7) is 1.66. The number of nitrogens with zero attached hydrogens (tertiary/aromatic N) is 1. The average Bonchev–Trinajstić information content (AvgIpc) is 3.39. The van der Waals surface area contributed by atoms with Crippen LogP contribution in [0, 0.1) is 0 Å². The summed E-state index contributed by atoms with van der Waals surface area (Å²) in [6, 6.07) is 9.61. The monoisotopic (exact) mass is 440 g/mol. The predicted molar refractivity (Wildman–Crippen MR) is 107 cm³/mol. The quantitative estimate of drug-likeness (QED) is 0.665. The second-order valence-electron chi connectivity index (χ2n) is 7.47. The molecule has 162 valence electrons. The molecule has 0 radical (unpaired) electrons. The minimum Gasteiger partial charge on any atom is -0.406 e. The Balaban J connectivity index is 1.26. The highest BCUT2D eigenvalue weighted by atomic mass is 32.1. The minimum atomic E-state index is -4.78. The largest absolute Gasteiger partial charge is 0.573 e. The Labute approximate surface area is 176 Å². The number of likely N-dealkylation sites (tertiary alicyclic amines) is 1. The first-order valence-corrected chi connectivity index (χ1v) is 10.7. The number of alkyl halides is 3. The van der Waals surface area contributed by atoms with Crippen LogP contribution in [-0.2, 0) is 0 Å². The Hall–Kier alpha value is -2.14. The van der Waals surface area contributed by atoms with Crippen LogP contribution < -0.4 is 20.9 Å². The Morgan fingerprint density at radius 2 is 1.97 bits per heavy atom. The van der Waals surface area contributed by atoms with Gasteiger partial charge in [0.05, 0.1) is 12.2 Å². The standard InChI is InChI=1S/C20H23F3N4O2S/c21-20(22,23)29-15-4-1-3-13(11-15)19(28)24-14-6-8-27(9-7-14)18-12-16(25-26-18)17-5-2-10-30-17/h1-5,10-11,14,16,18,25-26H,6-9,12H2,(H,24,28). The highest BCUT2D eigenvalue weighted by molar-refractivity contribution is 7.10. The highest BCUT2D eigenvalue weighted by Crippen LogP contribution is 2.28. The van der Waals surface area contributed by atoms with Crippen LogP contribution in [0.2, 0.25) is 0 Å². The number of amides is 1. The van der Waals surface area contributed by atoms with Gasteiger partial charge in [0, 0.05) is 29.6 Å². The van der Waals surface area contributed by atoms with Gasteiger partial charge in [0.2, 0.25) is 0 Å². The molecule has 2 aromatic rings. The lowest BCUT2D eigenvalue weighted by Crippen LogP contribution is -2.51. The van der Waals surface area contributed by atoms with E-state index in [2.05, 4.69) is 37.3 Å². The highest BCUT2D eigenvalue weighted by Gasteiger charge is 2.33. The van der Waals surface area contributed by atoms with Gasteiger partial charge in [-0.1, -0.05) is 12.1 Å². The molecule has 2 unspecified atom stereocenters. The zero-order chi connectivity index (χ0) is 21.1. The maximum absolute atomic E-state index is 12.5. The van der Waals surface area contributed by atoms with Crippen LogP contribution in [0.5, 0.6) is 5.75 Å². The maximum Gasteiger partial charge on any atom is 0.573 e. The van der Waals surface area contributed by atoms with Gasteiger partial charge in [0.25, 0.3) is 5.91 Å². The molecule has 1 amide bonds. The molecule has 10 heteroatoms. The van der Waals surface area contributed by atoms with Gasteiger partial charge in [-0.3, -0.25) is 9.69 Å². The molecule has 3 N–H and O–H groups in total. The van der Waals surface area contributed by atoms with E-state index in [0.29, 0.717) is 6.04 Å². The normalized spacial score (nSPS) is 23.4. The number of hydrogen-bond donors (Lipinski definition) is 3.